The van der Waals surface area contributed by atoms with Gasteiger partial charge in [0.2, 0.25) is 0 Å². The normalized spacial score (nSPS) is 11.6. The zero-order valence-electron chi connectivity index (χ0n) is 11.8. The Balaban J connectivity index is 2.10. The first-order valence-corrected chi connectivity index (χ1v) is 7.25. The van der Waals surface area contributed by atoms with E-state index < -0.39 is 0 Å². The van der Waals surface area contributed by atoms with Crippen LogP contribution in [0.15, 0.2) is 36.4 Å². The van der Waals surface area contributed by atoms with Gasteiger partial charge in [-0.05, 0) is 50.6 Å². The van der Waals surface area contributed by atoms with E-state index in [2.05, 4.69) is 38.2 Å². The molecule has 2 aromatic rings. The zero-order chi connectivity index (χ0) is 14.8. The molecule has 1 heterocycles. The lowest BCUT2D eigenvalue weighted by molar-refractivity contribution is -0.384. The van der Waals surface area contributed by atoms with E-state index in [4.69, 9.17) is 0 Å². The minimum absolute atomic E-state index is 0.0948. The first kappa shape index (κ1) is 14.7. The SMILES string of the molecule is CC(C)(C)NCc1ccc(-c2ccc([N+](=O)[O-])cc2)s1. The van der Waals surface area contributed by atoms with Gasteiger partial charge in [-0.2, -0.15) is 0 Å². The molecule has 0 aliphatic carbocycles. The molecule has 0 radical (unpaired) electrons. The van der Waals surface area contributed by atoms with Crippen molar-refractivity contribution >= 4 is 17.0 Å². The second-order valence-corrected chi connectivity index (χ2v) is 6.84. The van der Waals surface area contributed by atoms with Crippen LogP contribution < -0.4 is 5.32 Å². The van der Waals surface area contributed by atoms with E-state index in [9.17, 15) is 10.1 Å². The third-order valence-corrected chi connectivity index (χ3v) is 3.95. The molecule has 0 bridgehead atoms. The lowest BCUT2D eigenvalue weighted by Crippen LogP contribution is -2.34. The summed E-state index contributed by atoms with van der Waals surface area (Å²) < 4.78 is 0. The topological polar surface area (TPSA) is 55.2 Å². The maximum atomic E-state index is 10.6. The van der Waals surface area contributed by atoms with Crippen LogP contribution in [0.1, 0.15) is 25.6 Å². The Morgan fingerprint density at radius 2 is 1.80 bits per heavy atom. The summed E-state index contributed by atoms with van der Waals surface area (Å²) >= 11 is 1.71. The van der Waals surface area contributed by atoms with Crippen molar-refractivity contribution in [1.82, 2.24) is 5.32 Å². The molecule has 2 rings (SSSR count). The van der Waals surface area contributed by atoms with E-state index in [-0.39, 0.29) is 16.1 Å². The van der Waals surface area contributed by atoms with Crippen LogP contribution in [0.5, 0.6) is 0 Å². The van der Waals surface area contributed by atoms with Gasteiger partial charge < -0.3 is 5.32 Å². The van der Waals surface area contributed by atoms with Gasteiger partial charge in [-0.3, -0.25) is 10.1 Å². The largest absolute Gasteiger partial charge is 0.307 e. The highest BCUT2D eigenvalue weighted by Gasteiger charge is 2.10. The van der Waals surface area contributed by atoms with Crippen LogP contribution in [0.25, 0.3) is 10.4 Å². The molecule has 0 saturated heterocycles. The average molecular weight is 290 g/mol. The monoisotopic (exact) mass is 290 g/mol. The van der Waals surface area contributed by atoms with Gasteiger partial charge in [0.25, 0.3) is 5.69 Å². The van der Waals surface area contributed by atoms with E-state index in [0.29, 0.717) is 0 Å². The Morgan fingerprint density at radius 1 is 1.15 bits per heavy atom. The highest BCUT2D eigenvalue weighted by Crippen LogP contribution is 2.29. The van der Waals surface area contributed by atoms with E-state index in [0.717, 1.165) is 17.0 Å². The summed E-state index contributed by atoms with van der Waals surface area (Å²) in [6.45, 7) is 7.24. The number of nitrogens with zero attached hydrogens (tertiary/aromatic N) is 1. The molecular weight excluding hydrogens is 272 g/mol. The van der Waals surface area contributed by atoms with Crippen molar-refractivity contribution in [3.8, 4) is 10.4 Å². The Kier molecular flexibility index (Phi) is 4.20. The van der Waals surface area contributed by atoms with Crippen LogP contribution in [0.4, 0.5) is 5.69 Å². The minimum Gasteiger partial charge on any atom is -0.307 e. The second-order valence-electron chi connectivity index (χ2n) is 5.67. The summed E-state index contributed by atoms with van der Waals surface area (Å²) in [5.74, 6) is 0. The predicted molar refractivity (Wildman–Crippen MR) is 83.0 cm³/mol. The summed E-state index contributed by atoms with van der Waals surface area (Å²) in [5.41, 5.74) is 1.24. The maximum absolute atomic E-state index is 10.6. The molecule has 1 aromatic carbocycles. The molecule has 106 valence electrons. The lowest BCUT2D eigenvalue weighted by atomic mass is 10.1. The molecule has 0 atom stereocenters. The smallest absolute Gasteiger partial charge is 0.269 e. The molecule has 4 nitrogen and oxygen atoms in total. The number of nitro benzene ring substituents is 1. The van der Waals surface area contributed by atoms with E-state index in [1.54, 1.807) is 35.6 Å². The van der Waals surface area contributed by atoms with E-state index >= 15 is 0 Å². The van der Waals surface area contributed by atoms with E-state index in [1.807, 2.05) is 0 Å². The summed E-state index contributed by atoms with van der Waals surface area (Å²) in [5, 5.41) is 14.1. The molecule has 5 heteroatoms. The first-order valence-electron chi connectivity index (χ1n) is 6.44. The van der Waals surface area contributed by atoms with Crippen LogP contribution in [0.3, 0.4) is 0 Å². The van der Waals surface area contributed by atoms with Crippen LogP contribution in [0, 0.1) is 10.1 Å². The summed E-state index contributed by atoms with van der Waals surface area (Å²) in [4.78, 5) is 12.6. The molecule has 1 aromatic heterocycles. The fourth-order valence-corrected chi connectivity index (χ4v) is 2.68. The minimum atomic E-state index is -0.378. The van der Waals surface area contributed by atoms with Gasteiger partial charge in [0, 0.05) is 34.0 Å². The second kappa shape index (κ2) is 5.73. The van der Waals surface area contributed by atoms with Crippen LogP contribution in [0.2, 0.25) is 0 Å². The Morgan fingerprint density at radius 3 is 2.35 bits per heavy atom. The van der Waals surface area contributed by atoms with Crippen molar-refractivity contribution < 1.29 is 4.92 Å². The fourth-order valence-electron chi connectivity index (χ4n) is 1.73. The lowest BCUT2D eigenvalue weighted by Gasteiger charge is -2.19. The number of hydrogen-bond acceptors (Lipinski definition) is 4. The summed E-state index contributed by atoms with van der Waals surface area (Å²) in [7, 11) is 0. The molecule has 0 aliphatic rings. The Bertz CT molecular complexity index is 597. The summed E-state index contributed by atoms with van der Waals surface area (Å²) in [6.07, 6.45) is 0. The van der Waals surface area contributed by atoms with Crippen molar-refractivity contribution in [3.63, 3.8) is 0 Å². The van der Waals surface area contributed by atoms with Crippen molar-refractivity contribution in [2.45, 2.75) is 32.9 Å². The highest BCUT2D eigenvalue weighted by atomic mass is 32.1. The predicted octanol–water partition coefficient (Wildman–Crippen LogP) is 4.21. The molecule has 0 saturated carbocycles. The fraction of sp³-hybridized carbons (Fsp3) is 0.333. The quantitative estimate of drug-likeness (QED) is 0.678. The molecule has 0 fully saturated rings. The zero-order valence-corrected chi connectivity index (χ0v) is 12.7. The Labute approximate surface area is 122 Å². The van der Waals surface area contributed by atoms with Crippen LogP contribution in [-0.2, 0) is 6.54 Å². The number of nitrogens with one attached hydrogen (secondary N) is 1. The van der Waals surface area contributed by atoms with Crippen LogP contribution in [-0.4, -0.2) is 10.5 Å². The van der Waals surface area contributed by atoms with Crippen molar-refractivity contribution in [2.24, 2.45) is 0 Å². The van der Waals surface area contributed by atoms with E-state index in [1.165, 1.54) is 4.88 Å². The number of nitro groups is 1. The molecule has 0 spiro atoms. The molecule has 0 aliphatic heterocycles. The number of hydrogen-bond donors (Lipinski definition) is 1. The number of rotatable bonds is 4. The molecule has 1 N–H and O–H groups in total. The summed E-state index contributed by atoms with van der Waals surface area (Å²) in [6, 6.07) is 10.8. The average Bonchev–Trinajstić information content (AvgIpc) is 2.84. The maximum Gasteiger partial charge on any atom is 0.269 e. The molecule has 0 unspecified atom stereocenters. The van der Waals surface area contributed by atoms with Crippen LogP contribution >= 0.6 is 11.3 Å². The number of thiophene rings is 1. The van der Waals surface area contributed by atoms with Gasteiger partial charge in [0.1, 0.15) is 0 Å². The van der Waals surface area contributed by atoms with Crippen molar-refractivity contribution in [3.05, 3.63) is 51.4 Å². The van der Waals surface area contributed by atoms with Gasteiger partial charge in [-0.25, -0.2) is 0 Å². The van der Waals surface area contributed by atoms with Crippen molar-refractivity contribution in [2.75, 3.05) is 0 Å². The van der Waals surface area contributed by atoms with Gasteiger partial charge in [0.15, 0.2) is 0 Å². The standard InChI is InChI=1S/C15H18N2O2S/c1-15(2,3)16-10-13-8-9-14(20-13)11-4-6-12(7-5-11)17(18)19/h4-9,16H,10H2,1-3H3. The molecule has 0 amide bonds. The van der Waals surface area contributed by atoms with Gasteiger partial charge in [-0.15, -0.1) is 11.3 Å². The van der Waals surface area contributed by atoms with Gasteiger partial charge in [0.05, 0.1) is 4.92 Å². The Hall–Kier alpha value is -1.72. The number of benzene rings is 1. The highest BCUT2D eigenvalue weighted by molar-refractivity contribution is 7.15. The first-order chi connectivity index (χ1) is 9.35. The van der Waals surface area contributed by atoms with Crippen molar-refractivity contribution in [1.29, 1.82) is 0 Å². The van der Waals surface area contributed by atoms with Gasteiger partial charge >= 0.3 is 0 Å². The third kappa shape index (κ3) is 3.88. The third-order valence-electron chi connectivity index (χ3n) is 2.82. The van der Waals surface area contributed by atoms with Gasteiger partial charge in [-0.1, -0.05) is 0 Å². The molecular formula is C15H18N2O2S. The molecule has 20 heavy (non-hydrogen) atoms. The number of non-ortho nitro benzene ring substituents is 1.